The molecule has 0 bridgehead atoms. The summed E-state index contributed by atoms with van der Waals surface area (Å²) >= 11 is 5.92. The molecular formula is C17H24ClNO. The van der Waals surface area contributed by atoms with Crippen LogP contribution in [-0.4, -0.2) is 19.2 Å². The van der Waals surface area contributed by atoms with Crippen LogP contribution in [-0.2, 0) is 11.3 Å². The van der Waals surface area contributed by atoms with Crippen LogP contribution in [0.2, 0.25) is 5.02 Å². The molecule has 2 saturated carbocycles. The predicted octanol–water partition coefficient (Wildman–Crippen LogP) is 4.17. The maximum absolute atomic E-state index is 6.25. The van der Waals surface area contributed by atoms with E-state index in [4.69, 9.17) is 16.3 Å². The molecule has 0 radical (unpaired) electrons. The number of rotatable bonds is 4. The Kier molecular flexibility index (Phi) is 4.34. The summed E-state index contributed by atoms with van der Waals surface area (Å²) in [7, 11) is 2.09. The third-order valence-corrected chi connectivity index (χ3v) is 5.53. The number of nitrogens with one attached hydrogen (secondary N) is 1. The van der Waals surface area contributed by atoms with Crippen molar-refractivity contribution < 1.29 is 4.74 Å². The van der Waals surface area contributed by atoms with E-state index in [1.165, 1.54) is 37.7 Å². The smallest absolute Gasteiger partial charge is 0.0720 e. The molecular weight excluding hydrogens is 270 g/mol. The molecule has 0 aromatic heterocycles. The highest BCUT2D eigenvalue weighted by molar-refractivity contribution is 6.30. The van der Waals surface area contributed by atoms with E-state index in [2.05, 4.69) is 24.5 Å². The Bertz CT molecular complexity index is 439. The van der Waals surface area contributed by atoms with Crippen molar-refractivity contribution in [1.29, 1.82) is 0 Å². The Labute approximate surface area is 126 Å². The first-order valence-corrected chi connectivity index (χ1v) is 8.16. The molecule has 2 fully saturated rings. The van der Waals surface area contributed by atoms with Crippen molar-refractivity contribution in [1.82, 2.24) is 5.32 Å². The van der Waals surface area contributed by atoms with E-state index in [0.29, 0.717) is 24.2 Å². The van der Waals surface area contributed by atoms with Crippen molar-refractivity contribution in [2.45, 2.75) is 57.3 Å². The monoisotopic (exact) mass is 293 g/mol. The van der Waals surface area contributed by atoms with Crippen LogP contribution in [0.1, 0.15) is 44.1 Å². The second kappa shape index (κ2) is 6.05. The van der Waals surface area contributed by atoms with Crippen molar-refractivity contribution in [3.05, 3.63) is 34.9 Å². The fourth-order valence-electron chi connectivity index (χ4n) is 4.04. The van der Waals surface area contributed by atoms with Crippen molar-refractivity contribution in [2.75, 3.05) is 7.05 Å². The van der Waals surface area contributed by atoms with Gasteiger partial charge in [0.1, 0.15) is 0 Å². The van der Waals surface area contributed by atoms with Gasteiger partial charge in [0.25, 0.3) is 0 Å². The molecule has 1 aromatic rings. The van der Waals surface area contributed by atoms with E-state index in [1.807, 2.05) is 12.1 Å². The topological polar surface area (TPSA) is 21.3 Å². The quantitative estimate of drug-likeness (QED) is 0.900. The van der Waals surface area contributed by atoms with Crippen molar-refractivity contribution in [3.63, 3.8) is 0 Å². The summed E-state index contributed by atoms with van der Waals surface area (Å²) in [4.78, 5) is 0. The highest BCUT2D eigenvalue weighted by Gasteiger charge is 2.54. The van der Waals surface area contributed by atoms with Crippen LogP contribution in [0.3, 0.4) is 0 Å². The number of hydrogen-bond donors (Lipinski definition) is 1. The SMILES string of the molecule is CNC1CC(OCc2ccc(Cl)cc2)C12CCCCC2. The summed E-state index contributed by atoms with van der Waals surface area (Å²) in [6.07, 6.45) is 8.34. The molecule has 2 aliphatic rings. The average molecular weight is 294 g/mol. The second-order valence-electron chi connectivity index (χ2n) is 6.30. The highest BCUT2D eigenvalue weighted by Crippen LogP contribution is 2.53. The average Bonchev–Trinajstić information content (AvgIpc) is 2.49. The first-order valence-electron chi connectivity index (χ1n) is 7.78. The molecule has 2 aliphatic carbocycles. The van der Waals surface area contributed by atoms with Gasteiger partial charge in [0, 0.05) is 16.5 Å². The molecule has 2 unspecified atom stereocenters. The van der Waals surface area contributed by atoms with Gasteiger partial charge in [0.2, 0.25) is 0 Å². The highest BCUT2D eigenvalue weighted by atomic mass is 35.5. The van der Waals surface area contributed by atoms with Gasteiger partial charge >= 0.3 is 0 Å². The normalized spacial score (nSPS) is 28.3. The summed E-state index contributed by atoms with van der Waals surface area (Å²) < 4.78 is 6.25. The minimum absolute atomic E-state index is 0.402. The number of halogens is 1. The summed E-state index contributed by atoms with van der Waals surface area (Å²) in [5.41, 5.74) is 1.62. The molecule has 20 heavy (non-hydrogen) atoms. The fourth-order valence-corrected chi connectivity index (χ4v) is 4.17. The largest absolute Gasteiger partial charge is 0.373 e. The molecule has 0 saturated heterocycles. The van der Waals surface area contributed by atoms with Crippen LogP contribution >= 0.6 is 11.6 Å². The Hall–Kier alpha value is -0.570. The summed E-state index contributed by atoms with van der Waals surface area (Å²) in [5, 5.41) is 4.29. The summed E-state index contributed by atoms with van der Waals surface area (Å²) in [6.45, 7) is 0.708. The van der Waals surface area contributed by atoms with Gasteiger partial charge in [-0.1, -0.05) is 43.0 Å². The first-order chi connectivity index (χ1) is 9.74. The molecule has 1 N–H and O–H groups in total. The van der Waals surface area contributed by atoms with Gasteiger partial charge in [0.15, 0.2) is 0 Å². The lowest BCUT2D eigenvalue weighted by Gasteiger charge is -2.57. The molecule has 0 aliphatic heterocycles. The van der Waals surface area contributed by atoms with Crippen molar-refractivity contribution >= 4 is 11.6 Å². The molecule has 3 rings (SSSR count). The lowest BCUT2D eigenvalue weighted by Crippen LogP contribution is -2.63. The maximum Gasteiger partial charge on any atom is 0.0720 e. The second-order valence-corrected chi connectivity index (χ2v) is 6.73. The van der Waals surface area contributed by atoms with Gasteiger partial charge in [-0.05, 0) is 44.0 Å². The maximum atomic E-state index is 6.25. The predicted molar refractivity (Wildman–Crippen MR) is 83.0 cm³/mol. The van der Waals surface area contributed by atoms with Gasteiger partial charge in [-0.3, -0.25) is 0 Å². The standard InChI is InChI=1S/C17H24ClNO/c1-19-15-11-16(17(15)9-3-2-4-10-17)20-12-13-5-7-14(18)8-6-13/h5-8,15-16,19H,2-4,9-12H2,1H3. The zero-order valence-electron chi connectivity index (χ0n) is 12.2. The van der Waals surface area contributed by atoms with Gasteiger partial charge < -0.3 is 10.1 Å². The van der Waals surface area contributed by atoms with Gasteiger partial charge in [0.05, 0.1) is 12.7 Å². The molecule has 0 amide bonds. The molecule has 1 spiro atoms. The molecule has 2 atom stereocenters. The lowest BCUT2D eigenvalue weighted by molar-refractivity contribution is -0.157. The third-order valence-electron chi connectivity index (χ3n) is 5.28. The molecule has 3 heteroatoms. The van der Waals surface area contributed by atoms with Crippen LogP contribution in [0.4, 0.5) is 0 Å². The minimum atomic E-state index is 0.402. The zero-order valence-corrected chi connectivity index (χ0v) is 13.0. The van der Waals surface area contributed by atoms with Crippen LogP contribution < -0.4 is 5.32 Å². The lowest BCUT2D eigenvalue weighted by atomic mass is 9.55. The van der Waals surface area contributed by atoms with Crippen LogP contribution in [0.5, 0.6) is 0 Å². The molecule has 0 heterocycles. The van der Waals surface area contributed by atoms with Crippen LogP contribution in [0.15, 0.2) is 24.3 Å². The third kappa shape index (κ3) is 2.61. The van der Waals surface area contributed by atoms with Gasteiger partial charge in [-0.2, -0.15) is 0 Å². The Morgan fingerprint density at radius 1 is 1.20 bits per heavy atom. The Balaban J connectivity index is 1.61. The van der Waals surface area contributed by atoms with E-state index in [0.717, 1.165) is 11.4 Å². The van der Waals surface area contributed by atoms with E-state index in [1.54, 1.807) is 0 Å². The van der Waals surface area contributed by atoms with Crippen molar-refractivity contribution in [2.24, 2.45) is 5.41 Å². The Morgan fingerprint density at radius 3 is 2.55 bits per heavy atom. The van der Waals surface area contributed by atoms with Gasteiger partial charge in [-0.15, -0.1) is 0 Å². The zero-order chi connectivity index (χ0) is 14.0. The van der Waals surface area contributed by atoms with E-state index in [-0.39, 0.29) is 0 Å². The molecule has 1 aromatic carbocycles. The fraction of sp³-hybridized carbons (Fsp3) is 0.647. The minimum Gasteiger partial charge on any atom is -0.373 e. The molecule has 2 nitrogen and oxygen atoms in total. The van der Waals surface area contributed by atoms with E-state index in [9.17, 15) is 0 Å². The summed E-state index contributed by atoms with van der Waals surface area (Å²) in [6, 6.07) is 8.65. The van der Waals surface area contributed by atoms with E-state index < -0.39 is 0 Å². The summed E-state index contributed by atoms with van der Waals surface area (Å²) in [5.74, 6) is 0. The van der Waals surface area contributed by atoms with Gasteiger partial charge in [-0.25, -0.2) is 0 Å². The first kappa shape index (κ1) is 14.4. The molecule has 110 valence electrons. The number of ether oxygens (including phenoxy) is 1. The van der Waals surface area contributed by atoms with Crippen LogP contribution in [0, 0.1) is 5.41 Å². The Morgan fingerprint density at radius 2 is 1.90 bits per heavy atom. The van der Waals surface area contributed by atoms with Crippen molar-refractivity contribution in [3.8, 4) is 0 Å². The number of benzene rings is 1. The van der Waals surface area contributed by atoms with Crippen LogP contribution in [0.25, 0.3) is 0 Å². The number of hydrogen-bond acceptors (Lipinski definition) is 2. The van der Waals surface area contributed by atoms with E-state index >= 15 is 0 Å².